The second-order valence-corrected chi connectivity index (χ2v) is 7.54. The summed E-state index contributed by atoms with van der Waals surface area (Å²) in [6.45, 7) is 0.213. The van der Waals surface area contributed by atoms with Crippen LogP contribution in [-0.4, -0.2) is 29.9 Å². The third-order valence-corrected chi connectivity index (χ3v) is 5.37. The summed E-state index contributed by atoms with van der Waals surface area (Å²) >= 11 is 0. The second kappa shape index (κ2) is 8.57. The van der Waals surface area contributed by atoms with Gasteiger partial charge in [-0.3, -0.25) is 4.79 Å². The molecule has 2 aromatic carbocycles. The van der Waals surface area contributed by atoms with Crippen molar-refractivity contribution in [3.63, 3.8) is 0 Å². The summed E-state index contributed by atoms with van der Waals surface area (Å²) in [6, 6.07) is 10.2. The van der Waals surface area contributed by atoms with Gasteiger partial charge in [0.15, 0.2) is 0 Å². The standard InChI is InChI=1S/C23H22F3N3O3/c1-31-18-9-8-15(20(11-18)32-2)12-27-22(30)19-13-28-29(21(19)14-6-7-14)17-5-3-4-16(10-17)23(24,25)26/h3-5,8-11,13-14H,6-7,12H2,1-2H3,(H,27,30). The van der Waals surface area contributed by atoms with Crippen LogP contribution in [0.1, 0.15) is 45.9 Å². The molecule has 1 saturated carbocycles. The molecule has 3 aromatic rings. The lowest BCUT2D eigenvalue weighted by atomic mass is 10.1. The van der Waals surface area contributed by atoms with Crippen LogP contribution in [0.25, 0.3) is 5.69 Å². The van der Waals surface area contributed by atoms with Gasteiger partial charge in [0.05, 0.1) is 42.9 Å². The summed E-state index contributed by atoms with van der Waals surface area (Å²) in [7, 11) is 3.09. The van der Waals surface area contributed by atoms with Crippen molar-refractivity contribution >= 4 is 5.91 Å². The molecule has 9 heteroatoms. The number of hydrogen-bond donors (Lipinski definition) is 1. The quantitative estimate of drug-likeness (QED) is 0.572. The Hall–Kier alpha value is -3.49. The highest BCUT2D eigenvalue weighted by Gasteiger charge is 2.34. The van der Waals surface area contributed by atoms with Crippen LogP contribution in [0.2, 0.25) is 0 Å². The zero-order valence-electron chi connectivity index (χ0n) is 17.6. The first-order valence-corrected chi connectivity index (χ1v) is 10.1. The van der Waals surface area contributed by atoms with Crippen molar-refractivity contribution in [1.82, 2.24) is 15.1 Å². The van der Waals surface area contributed by atoms with Crippen LogP contribution in [-0.2, 0) is 12.7 Å². The maximum atomic E-state index is 13.1. The van der Waals surface area contributed by atoms with Crippen molar-refractivity contribution in [1.29, 1.82) is 0 Å². The lowest BCUT2D eigenvalue weighted by molar-refractivity contribution is -0.137. The highest BCUT2D eigenvalue weighted by molar-refractivity contribution is 5.95. The SMILES string of the molecule is COc1ccc(CNC(=O)c2cnn(-c3cccc(C(F)(F)F)c3)c2C2CC2)c(OC)c1. The van der Waals surface area contributed by atoms with E-state index in [1.807, 2.05) is 0 Å². The Balaban J connectivity index is 1.59. The number of halogens is 3. The predicted molar refractivity (Wildman–Crippen MR) is 111 cm³/mol. The average Bonchev–Trinajstić information content (AvgIpc) is 3.54. The molecule has 0 atom stereocenters. The number of carbonyl (C=O) groups excluding carboxylic acids is 1. The van der Waals surface area contributed by atoms with E-state index < -0.39 is 11.7 Å². The van der Waals surface area contributed by atoms with E-state index in [1.54, 1.807) is 31.4 Å². The third-order valence-electron chi connectivity index (χ3n) is 5.37. The molecule has 0 unspecified atom stereocenters. The van der Waals surface area contributed by atoms with Gasteiger partial charge in [-0.25, -0.2) is 4.68 Å². The Morgan fingerprint density at radius 2 is 1.94 bits per heavy atom. The molecule has 0 saturated heterocycles. The Morgan fingerprint density at radius 1 is 1.16 bits per heavy atom. The molecule has 0 bridgehead atoms. The van der Waals surface area contributed by atoms with Crippen molar-refractivity contribution in [3.8, 4) is 17.2 Å². The minimum atomic E-state index is -4.46. The first kappa shape index (κ1) is 21.7. The molecule has 0 aliphatic heterocycles. The van der Waals surface area contributed by atoms with Crippen LogP contribution in [0.3, 0.4) is 0 Å². The topological polar surface area (TPSA) is 65.4 Å². The van der Waals surface area contributed by atoms with Gasteiger partial charge in [-0.1, -0.05) is 6.07 Å². The lowest BCUT2D eigenvalue weighted by Gasteiger charge is -2.13. The fourth-order valence-electron chi connectivity index (χ4n) is 3.57. The van der Waals surface area contributed by atoms with Crippen molar-refractivity contribution in [2.45, 2.75) is 31.5 Å². The number of ether oxygens (including phenoxy) is 2. The third kappa shape index (κ3) is 4.42. The number of benzene rings is 2. The molecule has 1 aromatic heterocycles. The van der Waals surface area contributed by atoms with E-state index in [4.69, 9.17) is 9.47 Å². The second-order valence-electron chi connectivity index (χ2n) is 7.54. The summed E-state index contributed by atoms with van der Waals surface area (Å²) in [5.41, 5.74) is 1.27. The zero-order valence-corrected chi connectivity index (χ0v) is 17.6. The number of rotatable bonds is 7. The Bertz CT molecular complexity index is 1140. The molecular weight excluding hydrogens is 423 g/mol. The molecule has 168 valence electrons. The highest BCUT2D eigenvalue weighted by atomic mass is 19.4. The molecule has 4 rings (SSSR count). The zero-order chi connectivity index (χ0) is 22.9. The Labute approximate surface area is 183 Å². The van der Waals surface area contributed by atoms with E-state index in [-0.39, 0.29) is 24.1 Å². The van der Waals surface area contributed by atoms with Crippen LogP contribution in [0.15, 0.2) is 48.7 Å². The Morgan fingerprint density at radius 3 is 2.59 bits per heavy atom. The monoisotopic (exact) mass is 445 g/mol. The van der Waals surface area contributed by atoms with Crippen molar-refractivity contribution < 1.29 is 27.4 Å². The molecule has 1 heterocycles. The van der Waals surface area contributed by atoms with E-state index in [2.05, 4.69) is 10.4 Å². The number of alkyl halides is 3. The van der Waals surface area contributed by atoms with Gasteiger partial charge in [0, 0.05) is 24.1 Å². The summed E-state index contributed by atoms with van der Waals surface area (Å²) in [6.07, 6.45) is -1.33. The molecule has 1 amide bonds. The number of hydrogen-bond acceptors (Lipinski definition) is 4. The largest absolute Gasteiger partial charge is 0.497 e. The van der Waals surface area contributed by atoms with Gasteiger partial charge in [-0.2, -0.15) is 18.3 Å². The van der Waals surface area contributed by atoms with E-state index >= 15 is 0 Å². The fourth-order valence-corrected chi connectivity index (χ4v) is 3.57. The molecule has 0 spiro atoms. The molecule has 6 nitrogen and oxygen atoms in total. The van der Waals surface area contributed by atoms with Crippen molar-refractivity contribution in [2.24, 2.45) is 0 Å². The van der Waals surface area contributed by atoms with E-state index in [0.29, 0.717) is 22.8 Å². The van der Waals surface area contributed by atoms with Gasteiger partial charge < -0.3 is 14.8 Å². The van der Waals surface area contributed by atoms with Crippen LogP contribution < -0.4 is 14.8 Å². The normalized spacial score (nSPS) is 13.7. The number of amides is 1. The number of methoxy groups -OCH3 is 2. The minimum Gasteiger partial charge on any atom is -0.497 e. The van der Waals surface area contributed by atoms with Gasteiger partial charge in [-0.05, 0) is 43.2 Å². The average molecular weight is 445 g/mol. The summed E-state index contributed by atoms with van der Waals surface area (Å²) < 4.78 is 51.4. The van der Waals surface area contributed by atoms with Gasteiger partial charge >= 0.3 is 6.18 Å². The molecule has 32 heavy (non-hydrogen) atoms. The van der Waals surface area contributed by atoms with Crippen molar-refractivity contribution in [2.75, 3.05) is 14.2 Å². The van der Waals surface area contributed by atoms with E-state index in [0.717, 1.165) is 30.5 Å². The van der Waals surface area contributed by atoms with Crippen molar-refractivity contribution in [3.05, 3.63) is 71.0 Å². The molecule has 0 radical (unpaired) electrons. The predicted octanol–water partition coefficient (Wildman–Crippen LogP) is 4.72. The number of nitrogens with one attached hydrogen (secondary N) is 1. The van der Waals surface area contributed by atoms with Gasteiger partial charge in [0.25, 0.3) is 5.91 Å². The minimum absolute atomic E-state index is 0.0864. The molecular formula is C23H22F3N3O3. The Kier molecular flexibility index (Phi) is 5.82. The van der Waals surface area contributed by atoms with Gasteiger partial charge in [0.2, 0.25) is 0 Å². The maximum Gasteiger partial charge on any atom is 0.416 e. The van der Waals surface area contributed by atoms with E-state index in [9.17, 15) is 18.0 Å². The maximum absolute atomic E-state index is 13.1. The van der Waals surface area contributed by atoms with Gasteiger partial charge in [0.1, 0.15) is 11.5 Å². The number of carbonyl (C=O) groups is 1. The first-order chi connectivity index (χ1) is 15.3. The molecule has 1 aliphatic rings. The smallest absolute Gasteiger partial charge is 0.416 e. The molecule has 1 aliphatic carbocycles. The first-order valence-electron chi connectivity index (χ1n) is 10.1. The van der Waals surface area contributed by atoms with Crippen LogP contribution >= 0.6 is 0 Å². The van der Waals surface area contributed by atoms with Crippen LogP contribution in [0, 0.1) is 0 Å². The summed E-state index contributed by atoms with van der Waals surface area (Å²) in [4.78, 5) is 13.0. The van der Waals surface area contributed by atoms with E-state index in [1.165, 1.54) is 24.1 Å². The van der Waals surface area contributed by atoms with Crippen LogP contribution in [0.4, 0.5) is 13.2 Å². The molecule has 1 N–H and O–H groups in total. The summed E-state index contributed by atoms with van der Waals surface area (Å²) in [5, 5.41) is 7.11. The fraction of sp³-hybridized carbons (Fsp3) is 0.304. The van der Waals surface area contributed by atoms with Gasteiger partial charge in [-0.15, -0.1) is 0 Å². The number of nitrogens with zero attached hydrogens (tertiary/aromatic N) is 2. The molecule has 1 fully saturated rings. The number of aromatic nitrogens is 2. The summed E-state index contributed by atoms with van der Waals surface area (Å²) in [5.74, 6) is 0.952. The lowest BCUT2D eigenvalue weighted by Crippen LogP contribution is -2.24. The van der Waals surface area contributed by atoms with Crippen LogP contribution in [0.5, 0.6) is 11.5 Å². The highest BCUT2D eigenvalue weighted by Crippen LogP contribution is 2.43.